The van der Waals surface area contributed by atoms with Crippen LogP contribution in [0.15, 0.2) is 91.2 Å². The maximum absolute atomic E-state index is 12.9. The molecule has 2 aromatic carbocycles. The number of hydrogen-bond acceptors (Lipinski definition) is 6. The molecular weight excluding hydrogens is 492 g/mol. The molecule has 9 nitrogen and oxygen atoms in total. The molecule has 6 rings (SSSR count). The lowest BCUT2D eigenvalue weighted by Crippen LogP contribution is -2.21. The SMILES string of the molecule is N#CC1(c2cccc(C(=O)Nc3cccc(Oc4ccc5nc(NC(=O)C6C=CC=CC6)cn5n4)c3)c2)CC1. The molecule has 4 aromatic rings. The van der Waals surface area contributed by atoms with Crippen LogP contribution in [-0.4, -0.2) is 26.4 Å². The molecule has 2 aliphatic carbocycles. The number of carbonyl (C=O) groups excluding carboxylic acids is 2. The molecule has 2 aliphatic rings. The zero-order valence-electron chi connectivity index (χ0n) is 20.9. The minimum Gasteiger partial charge on any atom is -0.438 e. The molecule has 2 heterocycles. The minimum absolute atomic E-state index is 0.127. The Morgan fingerprint density at radius 1 is 1.05 bits per heavy atom. The fourth-order valence-corrected chi connectivity index (χ4v) is 4.48. The van der Waals surface area contributed by atoms with E-state index in [1.165, 1.54) is 4.52 Å². The van der Waals surface area contributed by atoms with E-state index < -0.39 is 5.41 Å². The summed E-state index contributed by atoms with van der Waals surface area (Å²) in [6.07, 6.45) is 11.5. The number of fused-ring (bicyclic) bond motifs is 1. The number of ether oxygens (including phenoxy) is 1. The zero-order valence-corrected chi connectivity index (χ0v) is 20.9. The molecule has 1 unspecified atom stereocenters. The van der Waals surface area contributed by atoms with Crippen LogP contribution < -0.4 is 15.4 Å². The fraction of sp³-hybridized carbons (Fsp3) is 0.167. The summed E-state index contributed by atoms with van der Waals surface area (Å²) in [4.78, 5) is 29.8. The van der Waals surface area contributed by atoms with Crippen LogP contribution in [0.4, 0.5) is 11.5 Å². The Bertz CT molecular complexity index is 1690. The smallest absolute Gasteiger partial charge is 0.255 e. The van der Waals surface area contributed by atoms with E-state index in [0.29, 0.717) is 40.8 Å². The highest BCUT2D eigenvalue weighted by atomic mass is 16.5. The number of carbonyl (C=O) groups is 2. The van der Waals surface area contributed by atoms with Gasteiger partial charge in [-0.05, 0) is 55.2 Å². The predicted octanol–water partition coefficient (Wildman–Crippen LogP) is 5.40. The molecule has 2 N–H and O–H groups in total. The van der Waals surface area contributed by atoms with Gasteiger partial charge in [0.05, 0.1) is 23.6 Å². The number of benzene rings is 2. The Balaban J connectivity index is 1.13. The van der Waals surface area contributed by atoms with Gasteiger partial charge in [-0.1, -0.05) is 42.5 Å². The molecule has 0 radical (unpaired) electrons. The fourth-order valence-electron chi connectivity index (χ4n) is 4.48. The molecule has 0 saturated heterocycles. The number of imidazole rings is 1. The molecule has 2 aromatic heterocycles. The van der Waals surface area contributed by atoms with Gasteiger partial charge in [0.15, 0.2) is 11.5 Å². The first kappa shape index (κ1) is 24.1. The Hall–Kier alpha value is -5.23. The highest BCUT2D eigenvalue weighted by Crippen LogP contribution is 2.47. The highest BCUT2D eigenvalue weighted by Gasteiger charge is 2.45. The van der Waals surface area contributed by atoms with Crippen molar-refractivity contribution >= 4 is 29.0 Å². The molecule has 1 fully saturated rings. The summed E-state index contributed by atoms with van der Waals surface area (Å²) in [5, 5.41) is 19.6. The summed E-state index contributed by atoms with van der Waals surface area (Å²) in [6, 6.07) is 20.0. The van der Waals surface area contributed by atoms with Crippen molar-refractivity contribution < 1.29 is 14.3 Å². The second-order valence-corrected chi connectivity index (χ2v) is 9.60. The lowest BCUT2D eigenvalue weighted by molar-refractivity contribution is -0.118. The van der Waals surface area contributed by atoms with E-state index in [4.69, 9.17) is 4.74 Å². The summed E-state index contributed by atoms with van der Waals surface area (Å²) in [5.41, 5.74) is 2.03. The van der Waals surface area contributed by atoms with Crippen LogP contribution in [0.2, 0.25) is 0 Å². The van der Waals surface area contributed by atoms with Gasteiger partial charge in [0, 0.05) is 23.4 Å². The molecule has 0 aliphatic heterocycles. The summed E-state index contributed by atoms with van der Waals surface area (Å²) in [7, 11) is 0. The zero-order chi connectivity index (χ0) is 26.8. The Labute approximate surface area is 224 Å². The molecular formula is C30H24N6O3. The van der Waals surface area contributed by atoms with Crippen LogP contribution in [0.5, 0.6) is 11.6 Å². The van der Waals surface area contributed by atoms with Crippen LogP contribution in [0.25, 0.3) is 5.65 Å². The Morgan fingerprint density at radius 2 is 1.92 bits per heavy atom. The van der Waals surface area contributed by atoms with Crippen molar-refractivity contribution in [2.24, 2.45) is 5.92 Å². The largest absolute Gasteiger partial charge is 0.438 e. The molecule has 192 valence electrons. The van der Waals surface area contributed by atoms with Crippen molar-refractivity contribution in [2.45, 2.75) is 24.7 Å². The Morgan fingerprint density at radius 3 is 2.72 bits per heavy atom. The lowest BCUT2D eigenvalue weighted by atomic mass is 9.96. The second kappa shape index (κ2) is 9.91. The van der Waals surface area contributed by atoms with E-state index in [9.17, 15) is 14.9 Å². The number of nitrogens with zero attached hydrogens (tertiary/aromatic N) is 4. The maximum atomic E-state index is 12.9. The Kier molecular flexibility index (Phi) is 6.13. The van der Waals surface area contributed by atoms with Gasteiger partial charge in [-0.25, -0.2) is 9.50 Å². The molecule has 1 saturated carbocycles. The lowest BCUT2D eigenvalue weighted by Gasteiger charge is -2.11. The maximum Gasteiger partial charge on any atom is 0.255 e. The minimum atomic E-state index is -0.454. The van der Waals surface area contributed by atoms with E-state index in [-0.39, 0.29) is 17.7 Å². The van der Waals surface area contributed by atoms with Crippen LogP contribution in [0.3, 0.4) is 0 Å². The van der Waals surface area contributed by atoms with Crippen LogP contribution in [0.1, 0.15) is 35.2 Å². The molecule has 1 atom stereocenters. The predicted molar refractivity (Wildman–Crippen MR) is 145 cm³/mol. The number of rotatable bonds is 7. The average Bonchev–Trinajstić information content (AvgIpc) is 3.67. The van der Waals surface area contributed by atoms with Gasteiger partial charge in [0.25, 0.3) is 5.91 Å². The summed E-state index contributed by atoms with van der Waals surface area (Å²) < 4.78 is 7.47. The highest BCUT2D eigenvalue weighted by molar-refractivity contribution is 6.04. The van der Waals surface area contributed by atoms with Crippen molar-refractivity contribution in [3.05, 3.63) is 102 Å². The number of hydrogen-bond donors (Lipinski definition) is 2. The van der Waals surface area contributed by atoms with Gasteiger partial charge in [-0.15, -0.1) is 5.10 Å². The van der Waals surface area contributed by atoms with Crippen LogP contribution >= 0.6 is 0 Å². The normalized spacial score (nSPS) is 16.8. The van der Waals surface area contributed by atoms with E-state index in [0.717, 1.165) is 18.4 Å². The first-order chi connectivity index (χ1) is 19.0. The van der Waals surface area contributed by atoms with Crippen molar-refractivity contribution in [1.82, 2.24) is 14.6 Å². The number of allylic oxidation sites excluding steroid dienone is 3. The van der Waals surface area contributed by atoms with Crippen LogP contribution in [0, 0.1) is 17.2 Å². The average molecular weight is 517 g/mol. The first-order valence-electron chi connectivity index (χ1n) is 12.6. The number of nitrogens with one attached hydrogen (secondary N) is 2. The van der Waals surface area contributed by atoms with Crippen LogP contribution in [-0.2, 0) is 10.2 Å². The van der Waals surface area contributed by atoms with E-state index >= 15 is 0 Å². The quantitative estimate of drug-likeness (QED) is 0.339. The van der Waals surface area contributed by atoms with Gasteiger partial charge in [0.2, 0.25) is 11.8 Å². The summed E-state index contributed by atoms with van der Waals surface area (Å²) in [6.45, 7) is 0. The number of anilines is 2. The summed E-state index contributed by atoms with van der Waals surface area (Å²) in [5.74, 6) is 0.592. The molecule has 0 spiro atoms. The monoisotopic (exact) mass is 516 g/mol. The van der Waals surface area contributed by atoms with E-state index in [1.54, 1.807) is 60.8 Å². The van der Waals surface area contributed by atoms with Crippen molar-refractivity contribution in [3.8, 4) is 17.7 Å². The standard InChI is InChI=1S/C30H24N6O3/c31-19-30(14-15-30)22-9-4-8-21(16-22)29(38)32-23-10-5-11-24(17-23)39-27-13-12-26-33-25(18-36(26)35-27)34-28(37)20-6-2-1-3-7-20/h1-6,8-13,16-18,20H,7,14-15H2,(H,32,38)(H,34,37). The third-order valence-corrected chi connectivity index (χ3v) is 6.82. The number of aromatic nitrogens is 3. The van der Waals surface area contributed by atoms with Crippen molar-refractivity contribution in [2.75, 3.05) is 10.6 Å². The van der Waals surface area contributed by atoms with E-state index in [2.05, 4.69) is 26.8 Å². The van der Waals surface area contributed by atoms with Gasteiger partial charge in [-0.2, -0.15) is 5.26 Å². The molecule has 39 heavy (non-hydrogen) atoms. The molecule has 9 heteroatoms. The van der Waals surface area contributed by atoms with Crippen molar-refractivity contribution in [3.63, 3.8) is 0 Å². The van der Waals surface area contributed by atoms with Gasteiger partial charge in [0.1, 0.15) is 5.75 Å². The third-order valence-electron chi connectivity index (χ3n) is 6.82. The first-order valence-corrected chi connectivity index (χ1v) is 12.6. The van der Waals surface area contributed by atoms with E-state index in [1.807, 2.05) is 30.4 Å². The topological polar surface area (TPSA) is 121 Å². The van der Waals surface area contributed by atoms with Gasteiger partial charge >= 0.3 is 0 Å². The number of nitriles is 1. The second-order valence-electron chi connectivity index (χ2n) is 9.60. The number of amides is 2. The molecule has 0 bridgehead atoms. The summed E-state index contributed by atoms with van der Waals surface area (Å²) >= 11 is 0. The molecule has 2 amide bonds. The van der Waals surface area contributed by atoms with Gasteiger partial charge in [-0.3, -0.25) is 9.59 Å². The van der Waals surface area contributed by atoms with Gasteiger partial charge < -0.3 is 15.4 Å². The third kappa shape index (κ3) is 5.13. The van der Waals surface area contributed by atoms with Crippen molar-refractivity contribution in [1.29, 1.82) is 5.26 Å².